The molecule has 0 N–H and O–H groups in total. The summed E-state index contributed by atoms with van der Waals surface area (Å²) in [5, 5.41) is 0. The maximum absolute atomic E-state index is 2.72. The Kier molecular flexibility index (Phi) is 31.7. The van der Waals surface area contributed by atoms with Crippen molar-refractivity contribution in [3.05, 3.63) is 12.4 Å². The predicted molar refractivity (Wildman–Crippen MR) is 200 cm³/mol. The van der Waals surface area contributed by atoms with Gasteiger partial charge in [-0.25, -0.2) is 0 Å². The first-order valence-electron chi connectivity index (χ1n) is 21.0. The first-order valence-corrected chi connectivity index (χ1v) is 21.0. The minimum absolute atomic E-state index is 0.639. The van der Waals surface area contributed by atoms with E-state index in [2.05, 4.69) is 43.0 Å². The first-order chi connectivity index (χ1) is 21.8. The fraction of sp³-hybridized carbons (Fsp3) is 0.952. The fourth-order valence-corrected chi connectivity index (χ4v) is 7.25. The van der Waals surface area contributed by atoms with E-state index in [1.807, 2.05) is 0 Å². The fourth-order valence-electron chi connectivity index (χ4n) is 7.25. The van der Waals surface area contributed by atoms with Gasteiger partial charge in [-0.15, -0.1) is 0 Å². The van der Waals surface area contributed by atoms with Crippen molar-refractivity contribution in [1.82, 2.24) is 9.80 Å². The molecule has 0 bridgehead atoms. The normalized spacial score (nSPS) is 14.8. The zero-order valence-electron chi connectivity index (χ0n) is 31.1. The molecule has 0 saturated carbocycles. The van der Waals surface area contributed by atoms with Crippen LogP contribution in [0.4, 0.5) is 0 Å². The monoisotopic (exact) mass is 617 g/mol. The van der Waals surface area contributed by atoms with Crippen LogP contribution < -0.4 is 0 Å². The molecule has 44 heavy (non-hydrogen) atoms. The van der Waals surface area contributed by atoms with Gasteiger partial charge >= 0.3 is 0 Å². The minimum Gasteiger partial charge on any atom is -0.356 e. The highest BCUT2D eigenvalue weighted by atomic mass is 15.4. The van der Waals surface area contributed by atoms with E-state index in [1.54, 1.807) is 0 Å². The Labute approximate surface area is 280 Å². The third-order valence-corrected chi connectivity index (χ3v) is 10.3. The van der Waals surface area contributed by atoms with Crippen LogP contribution in [0.5, 0.6) is 0 Å². The number of nitrogens with zero attached hydrogens (tertiary/aromatic N) is 2. The van der Waals surface area contributed by atoms with Crippen LogP contribution in [0.1, 0.15) is 239 Å². The summed E-state index contributed by atoms with van der Waals surface area (Å²) < 4.78 is 0. The second-order valence-electron chi connectivity index (χ2n) is 14.6. The van der Waals surface area contributed by atoms with Gasteiger partial charge in [0.05, 0.1) is 0 Å². The molecule has 2 nitrogen and oxygen atoms in total. The van der Waals surface area contributed by atoms with E-state index in [1.165, 1.54) is 231 Å². The van der Waals surface area contributed by atoms with Gasteiger partial charge in [-0.1, -0.05) is 213 Å². The Morgan fingerprint density at radius 3 is 0.795 bits per heavy atom. The molecule has 0 spiro atoms. The van der Waals surface area contributed by atoms with Gasteiger partial charge in [-0.05, 0) is 25.7 Å². The smallest absolute Gasteiger partial charge is 0.101 e. The van der Waals surface area contributed by atoms with Gasteiger partial charge in [0.25, 0.3) is 0 Å². The predicted octanol–water partition coefficient (Wildman–Crippen LogP) is 14.7. The highest BCUT2D eigenvalue weighted by molar-refractivity contribution is 4.97. The molecule has 0 aromatic carbocycles. The van der Waals surface area contributed by atoms with E-state index in [4.69, 9.17) is 0 Å². The van der Waals surface area contributed by atoms with E-state index >= 15 is 0 Å². The summed E-state index contributed by atoms with van der Waals surface area (Å²) in [5.74, 6) is 0. The van der Waals surface area contributed by atoms with Gasteiger partial charge in [-0.2, -0.15) is 0 Å². The molecular weight excluding hydrogens is 532 g/mol. The van der Waals surface area contributed by atoms with Gasteiger partial charge < -0.3 is 9.80 Å². The Balaban J connectivity index is 2.18. The van der Waals surface area contributed by atoms with Crippen LogP contribution in [0.2, 0.25) is 0 Å². The summed E-state index contributed by atoms with van der Waals surface area (Å²) in [6.07, 6.45) is 54.4. The van der Waals surface area contributed by atoms with Crippen molar-refractivity contribution in [2.75, 3.05) is 13.1 Å². The van der Waals surface area contributed by atoms with Crippen molar-refractivity contribution in [2.24, 2.45) is 0 Å². The average molecular weight is 617 g/mol. The van der Waals surface area contributed by atoms with Crippen LogP contribution in [0, 0.1) is 0 Å². The van der Waals surface area contributed by atoms with Crippen molar-refractivity contribution in [3.63, 3.8) is 0 Å². The van der Waals surface area contributed by atoms with Crippen LogP contribution in [0.25, 0.3) is 0 Å². The quantitative estimate of drug-likeness (QED) is 0.0646. The van der Waals surface area contributed by atoms with Gasteiger partial charge in [0.1, 0.15) is 6.17 Å². The van der Waals surface area contributed by atoms with Gasteiger partial charge in [0.15, 0.2) is 0 Å². The van der Waals surface area contributed by atoms with Crippen molar-refractivity contribution in [2.45, 2.75) is 245 Å². The van der Waals surface area contributed by atoms with Crippen molar-refractivity contribution in [3.8, 4) is 0 Å². The average Bonchev–Trinajstić information content (AvgIpc) is 3.42. The van der Waals surface area contributed by atoms with E-state index < -0.39 is 0 Å². The van der Waals surface area contributed by atoms with Crippen LogP contribution in [0.15, 0.2) is 12.4 Å². The zero-order valence-corrected chi connectivity index (χ0v) is 31.1. The standard InChI is InChI=1S/C42H84N2/c1-4-7-10-13-16-19-20-21-22-23-24-27-30-33-36-39-44-41-40-43(38-35-32-29-26-18-15-12-9-6-3)42(44)37-34-31-28-25-17-14-11-8-5-2/h40-42H,4-39H2,1-3H3. The second kappa shape index (κ2) is 33.7. The summed E-state index contributed by atoms with van der Waals surface area (Å²) in [5.41, 5.74) is 0. The molecule has 1 rings (SSSR count). The highest BCUT2D eigenvalue weighted by Gasteiger charge is 2.24. The van der Waals surface area contributed by atoms with Crippen molar-refractivity contribution < 1.29 is 0 Å². The summed E-state index contributed by atoms with van der Waals surface area (Å²) in [7, 11) is 0. The molecule has 0 saturated heterocycles. The van der Waals surface area contributed by atoms with Crippen LogP contribution >= 0.6 is 0 Å². The van der Waals surface area contributed by atoms with Gasteiger partial charge in [0, 0.05) is 25.5 Å². The van der Waals surface area contributed by atoms with Gasteiger partial charge in [-0.3, -0.25) is 0 Å². The molecule has 1 aliphatic heterocycles. The minimum atomic E-state index is 0.639. The van der Waals surface area contributed by atoms with E-state index in [-0.39, 0.29) is 0 Å². The molecule has 0 radical (unpaired) electrons. The summed E-state index contributed by atoms with van der Waals surface area (Å²) in [6.45, 7) is 9.49. The molecule has 1 unspecified atom stereocenters. The Hall–Kier alpha value is -0.660. The lowest BCUT2D eigenvalue weighted by Gasteiger charge is -2.33. The molecule has 0 aromatic rings. The maximum Gasteiger partial charge on any atom is 0.101 e. The first kappa shape index (κ1) is 41.4. The van der Waals surface area contributed by atoms with E-state index in [0.29, 0.717) is 6.17 Å². The zero-order chi connectivity index (χ0) is 31.6. The van der Waals surface area contributed by atoms with Crippen LogP contribution in [0.3, 0.4) is 0 Å². The molecule has 262 valence electrons. The molecular formula is C42H84N2. The number of hydrogen-bond donors (Lipinski definition) is 0. The lowest BCUT2D eigenvalue weighted by molar-refractivity contribution is 0.135. The van der Waals surface area contributed by atoms with Crippen molar-refractivity contribution in [1.29, 1.82) is 0 Å². The number of unbranched alkanes of at least 4 members (excludes halogenated alkanes) is 30. The largest absolute Gasteiger partial charge is 0.356 e. The Morgan fingerprint density at radius 2 is 0.523 bits per heavy atom. The number of rotatable bonds is 36. The van der Waals surface area contributed by atoms with Gasteiger partial charge in [0.2, 0.25) is 0 Å². The lowest BCUT2D eigenvalue weighted by Crippen LogP contribution is -2.39. The topological polar surface area (TPSA) is 6.48 Å². The molecule has 1 atom stereocenters. The Bertz CT molecular complexity index is 572. The van der Waals surface area contributed by atoms with Crippen LogP contribution in [-0.4, -0.2) is 29.1 Å². The molecule has 0 aromatic heterocycles. The van der Waals surface area contributed by atoms with E-state index in [0.717, 1.165) is 0 Å². The van der Waals surface area contributed by atoms with Crippen LogP contribution in [-0.2, 0) is 0 Å². The molecule has 2 heteroatoms. The Morgan fingerprint density at radius 1 is 0.295 bits per heavy atom. The summed E-state index contributed by atoms with van der Waals surface area (Å²) in [4.78, 5) is 5.44. The highest BCUT2D eigenvalue weighted by Crippen LogP contribution is 2.24. The van der Waals surface area contributed by atoms with E-state index in [9.17, 15) is 0 Å². The molecule has 0 amide bonds. The lowest BCUT2D eigenvalue weighted by atomic mass is 10.0. The third kappa shape index (κ3) is 25.5. The maximum atomic E-state index is 2.72. The molecule has 0 aliphatic carbocycles. The number of hydrogen-bond acceptors (Lipinski definition) is 2. The summed E-state index contributed by atoms with van der Waals surface area (Å²) >= 11 is 0. The SMILES string of the molecule is CCCCCCCCCCCCCCCCCN1C=CN(CCCCCCCCCCC)C1CCCCCCCCCCC. The van der Waals surface area contributed by atoms with Crippen molar-refractivity contribution >= 4 is 0 Å². The second-order valence-corrected chi connectivity index (χ2v) is 14.6. The molecule has 1 heterocycles. The molecule has 0 fully saturated rings. The summed E-state index contributed by atoms with van der Waals surface area (Å²) in [6, 6.07) is 0. The third-order valence-electron chi connectivity index (χ3n) is 10.3. The molecule has 1 aliphatic rings.